The number of para-hydroxylation sites is 1. The van der Waals surface area contributed by atoms with E-state index in [9.17, 15) is 4.79 Å². The summed E-state index contributed by atoms with van der Waals surface area (Å²) in [5.41, 5.74) is 6.19. The van der Waals surface area contributed by atoms with Gasteiger partial charge in [-0.05, 0) is 48.6 Å². The summed E-state index contributed by atoms with van der Waals surface area (Å²) in [5, 5.41) is 4.50. The maximum Gasteiger partial charge on any atom is 0.228 e. The van der Waals surface area contributed by atoms with Gasteiger partial charge in [0.2, 0.25) is 5.91 Å². The van der Waals surface area contributed by atoms with Gasteiger partial charge in [-0.25, -0.2) is 0 Å². The van der Waals surface area contributed by atoms with Crippen LogP contribution in [0.25, 0.3) is 16.5 Å². The third-order valence-electron chi connectivity index (χ3n) is 7.03. The fourth-order valence-corrected chi connectivity index (χ4v) is 5.17. The number of hydrogen-bond acceptors (Lipinski definition) is 3. The number of benzene rings is 2. The molecule has 0 radical (unpaired) electrons. The lowest BCUT2D eigenvalue weighted by atomic mass is 9.79. The number of fused-ring (bicyclic) bond motifs is 2. The Morgan fingerprint density at radius 2 is 2.09 bits per heavy atom. The van der Waals surface area contributed by atoms with Crippen molar-refractivity contribution in [1.82, 2.24) is 15.2 Å². The first-order valence-electron chi connectivity index (χ1n) is 11.6. The van der Waals surface area contributed by atoms with Crippen molar-refractivity contribution >= 4 is 22.4 Å². The van der Waals surface area contributed by atoms with E-state index in [-0.39, 0.29) is 23.9 Å². The van der Waals surface area contributed by atoms with Crippen molar-refractivity contribution < 1.29 is 9.53 Å². The number of carbonyl (C=O) groups excluding carboxylic acids is 1. The molecule has 5 rings (SSSR count). The largest absolute Gasteiger partial charge is 0.496 e. The summed E-state index contributed by atoms with van der Waals surface area (Å²) in [5.74, 6) is 0.826. The smallest absolute Gasteiger partial charge is 0.228 e. The maximum absolute atomic E-state index is 13.2. The van der Waals surface area contributed by atoms with Crippen molar-refractivity contribution in [1.29, 1.82) is 0 Å². The van der Waals surface area contributed by atoms with Crippen LogP contribution >= 0.6 is 0 Å². The number of carbonyl (C=O) groups is 1. The molecule has 0 fully saturated rings. The van der Waals surface area contributed by atoms with Gasteiger partial charge < -0.3 is 15.0 Å². The van der Waals surface area contributed by atoms with Crippen LogP contribution in [0.15, 0.2) is 54.7 Å². The molecule has 1 amide bonds. The lowest BCUT2D eigenvalue weighted by molar-refractivity contribution is -0.125. The Bertz CT molecular complexity index is 1180. The zero-order valence-electron chi connectivity index (χ0n) is 19.0. The molecular formula is C27H31N3O2. The highest BCUT2D eigenvalue weighted by atomic mass is 16.5. The van der Waals surface area contributed by atoms with Gasteiger partial charge in [0, 0.05) is 47.8 Å². The van der Waals surface area contributed by atoms with E-state index in [1.165, 1.54) is 27.6 Å². The van der Waals surface area contributed by atoms with Gasteiger partial charge in [-0.3, -0.25) is 9.69 Å². The molecular weight excluding hydrogens is 398 g/mol. The Morgan fingerprint density at radius 1 is 1.25 bits per heavy atom. The van der Waals surface area contributed by atoms with Gasteiger partial charge in [0.1, 0.15) is 5.75 Å². The molecule has 2 heterocycles. The number of amides is 1. The molecule has 2 N–H and O–H groups in total. The van der Waals surface area contributed by atoms with Crippen LogP contribution in [0.4, 0.5) is 0 Å². The number of aromatic amines is 1. The number of aromatic nitrogens is 1. The monoisotopic (exact) mass is 429 g/mol. The standard InChI is InChI=1S/C27H31N3O2/c1-4-17(2)29-27(31)20-12-22-21-9-7-10-23-26(21)19(14-28-23)13-24(22)30(16-20)15-18-8-5-6-11-25(18)32-3/h5-12,14,17,20,24,28H,4,13,15-16H2,1-3H3,(H,29,31)/t17-,20-,24-/m1/s1. The Labute approximate surface area is 189 Å². The van der Waals surface area contributed by atoms with E-state index >= 15 is 0 Å². The molecule has 3 aromatic rings. The topological polar surface area (TPSA) is 57.4 Å². The predicted octanol–water partition coefficient (Wildman–Crippen LogP) is 4.53. The molecule has 1 aliphatic heterocycles. The SMILES string of the molecule is CC[C@@H](C)NC(=O)[C@@H]1C=C2c3cccc4[nH]cc(c34)C[C@H]2N(Cc2ccccc2OC)C1. The van der Waals surface area contributed by atoms with Crippen molar-refractivity contribution in [2.75, 3.05) is 13.7 Å². The molecule has 0 bridgehead atoms. The first kappa shape index (κ1) is 20.8. The molecule has 32 heavy (non-hydrogen) atoms. The van der Waals surface area contributed by atoms with E-state index in [1.54, 1.807) is 7.11 Å². The first-order valence-corrected chi connectivity index (χ1v) is 11.6. The minimum Gasteiger partial charge on any atom is -0.496 e. The number of nitrogens with zero attached hydrogens (tertiary/aromatic N) is 1. The molecule has 0 spiro atoms. The van der Waals surface area contributed by atoms with Crippen LogP contribution in [0.3, 0.4) is 0 Å². The molecule has 2 aromatic carbocycles. The first-order chi connectivity index (χ1) is 15.6. The van der Waals surface area contributed by atoms with E-state index in [2.05, 4.69) is 71.7 Å². The van der Waals surface area contributed by atoms with Gasteiger partial charge in [-0.1, -0.05) is 43.3 Å². The van der Waals surface area contributed by atoms with Gasteiger partial charge in [0.05, 0.1) is 13.0 Å². The zero-order chi connectivity index (χ0) is 22.2. The zero-order valence-corrected chi connectivity index (χ0v) is 19.0. The van der Waals surface area contributed by atoms with Gasteiger partial charge >= 0.3 is 0 Å². The Kier molecular flexibility index (Phi) is 5.51. The Balaban J connectivity index is 1.56. The minimum absolute atomic E-state index is 0.113. The van der Waals surface area contributed by atoms with Crippen LogP contribution in [0.5, 0.6) is 5.75 Å². The average molecular weight is 430 g/mol. The molecule has 166 valence electrons. The lowest BCUT2D eigenvalue weighted by Gasteiger charge is -2.42. The van der Waals surface area contributed by atoms with Crippen LogP contribution in [-0.4, -0.2) is 41.5 Å². The molecule has 5 nitrogen and oxygen atoms in total. The molecule has 3 atom stereocenters. The quantitative estimate of drug-likeness (QED) is 0.605. The Hall–Kier alpha value is -3.05. The van der Waals surface area contributed by atoms with E-state index in [4.69, 9.17) is 4.74 Å². The normalized spacial score (nSPS) is 21.0. The summed E-state index contributed by atoms with van der Waals surface area (Å²) in [6.07, 6.45) is 6.24. The third-order valence-corrected chi connectivity index (χ3v) is 7.03. The highest BCUT2D eigenvalue weighted by Crippen LogP contribution is 2.42. The summed E-state index contributed by atoms with van der Waals surface area (Å²) < 4.78 is 5.63. The molecule has 0 saturated carbocycles. The molecule has 0 unspecified atom stereocenters. The molecule has 2 aliphatic rings. The highest BCUT2D eigenvalue weighted by Gasteiger charge is 2.37. The van der Waals surface area contributed by atoms with E-state index in [0.29, 0.717) is 6.54 Å². The van der Waals surface area contributed by atoms with Crippen molar-refractivity contribution in [2.24, 2.45) is 5.92 Å². The third kappa shape index (κ3) is 3.61. The summed E-state index contributed by atoms with van der Waals surface area (Å²) in [7, 11) is 1.72. The van der Waals surface area contributed by atoms with Crippen molar-refractivity contribution in [3.05, 3.63) is 71.4 Å². The second kappa shape index (κ2) is 8.47. The Morgan fingerprint density at radius 3 is 2.91 bits per heavy atom. The van der Waals surface area contributed by atoms with E-state index < -0.39 is 0 Å². The van der Waals surface area contributed by atoms with E-state index in [1.807, 2.05) is 12.1 Å². The van der Waals surface area contributed by atoms with Crippen LogP contribution in [0.2, 0.25) is 0 Å². The van der Waals surface area contributed by atoms with Crippen molar-refractivity contribution in [3.8, 4) is 5.75 Å². The fourth-order valence-electron chi connectivity index (χ4n) is 5.17. The number of methoxy groups -OCH3 is 1. The van der Waals surface area contributed by atoms with Crippen LogP contribution in [0.1, 0.15) is 37.0 Å². The van der Waals surface area contributed by atoms with Crippen LogP contribution in [-0.2, 0) is 17.8 Å². The highest BCUT2D eigenvalue weighted by molar-refractivity contribution is 5.99. The molecule has 1 aliphatic carbocycles. The minimum atomic E-state index is -0.180. The predicted molar refractivity (Wildman–Crippen MR) is 129 cm³/mol. The summed E-state index contributed by atoms with van der Waals surface area (Å²) in [6.45, 7) is 5.61. The van der Waals surface area contributed by atoms with Gasteiger partial charge in [0.25, 0.3) is 0 Å². The molecule has 1 aromatic heterocycles. The maximum atomic E-state index is 13.2. The number of nitrogens with one attached hydrogen (secondary N) is 2. The van der Waals surface area contributed by atoms with Crippen molar-refractivity contribution in [3.63, 3.8) is 0 Å². The van der Waals surface area contributed by atoms with Gasteiger partial charge in [-0.2, -0.15) is 0 Å². The second-order valence-corrected chi connectivity index (χ2v) is 9.05. The number of H-pyrrole nitrogens is 1. The summed E-state index contributed by atoms with van der Waals surface area (Å²) >= 11 is 0. The molecule has 0 saturated heterocycles. The average Bonchev–Trinajstić information content (AvgIpc) is 3.24. The second-order valence-electron chi connectivity index (χ2n) is 9.05. The van der Waals surface area contributed by atoms with Crippen LogP contribution < -0.4 is 10.1 Å². The molecule has 5 heteroatoms. The summed E-state index contributed by atoms with van der Waals surface area (Å²) in [6, 6.07) is 15.0. The lowest BCUT2D eigenvalue weighted by Crippen LogP contribution is -2.49. The number of hydrogen-bond donors (Lipinski definition) is 2. The number of ether oxygens (including phenoxy) is 1. The summed E-state index contributed by atoms with van der Waals surface area (Å²) in [4.78, 5) is 19.1. The van der Waals surface area contributed by atoms with Gasteiger partial charge in [0.15, 0.2) is 0 Å². The van der Waals surface area contributed by atoms with Gasteiger partial charge in [-0.15, -0.1) is 0 Å². The van der Waals surface area contributed by atoms with Crippen molar-refractivity contribution in [2.45, 2.75) is 45.3 Å². The fraction of sp³-hybridized carbons (Fsp3) is 0.370. The number of rotatable bonds is 6. The van der Waals surface area contributed by atoms with E-state index in [0.717, 1.165) is 30.7 Å². The van der Waals surface area contributed by atoms with Crippen LogP contribution in [0, 0.1) is 5.92 Å².